The molecule has 0 amide bonds. The molecule has 1 atom stereocenters. The van der Waals surface area contributed by atoms with Gasteiger partial charge in [-0.05, 0) is 33.0 Å². The Bertz CT molecular complexity index is 252. The third-order valence-electron chi connectivity index (χ3n) is 3.71. The van der Waals surface area contributed by atoms with Crippen LogP contribution in [0.2, 0.25) is 0 Å². The van der Waals surface area contributed by atoms with Gasteiger partial charge in [0.05, 0.1) is 0 Å². The summed E-state index contributed by atoms with van der Waals surface area (Å²) in [5.74, 6) is -0.724. The van der Waals surface area contributed by atoms with Crippen molar-refractivity contribution >= 4 is 5.97 Å². The molecule has 0 aromatic carbocycles. The van der Waals surface area contributed by atoms with E-state index in [0.717, 1.165) is 26.2 Å². The van der Waals surface area contributed by atoms with E-state index in [1.165, 1.54) is 12.8 Å². The van der Waals surface area contributed by atoms with E-state index in [0.29, 0.717) is 12.6 Å². The first-order valence-electron chi connectivity index (χ1n) is 6.05. The van der Waals surface area contributed by atoms with Crippen LogP contribution in [0.25, 0.3) is 0 Å². The highest BCUT2D eigenvalue weighted by atomic mass is 16.4. The maximum Gasteiger partial charge on any atom is 0.322 e. The van der Waals surface area contributed by atoms with E-state index in [2.05, 4.69) is 22.2 Å². The summed E-state index contributed by atoms with van der Waals surface area (Å²) in [7, 11) is 2.15. The van der Waals surface area contributed by atoms with Gasteiger partial charge in [-0.3, -0.25) is 9.69 Å². The first-order valence-corrected chi connectivity index (χ1v) is 6.05. The van der Waals surface area contributed by atoms with E-state index in [4.69, 9.17) is 5.11 Å². The monoisotopic (exact) mass is 227 g/mol. The Kier molecular flexibility index (Phi) is 3.78. The fraction of sp³-hybridized carbons (Fsp3) is 0.909. The number of carboxylic acid groups (broad SMARTS) is 1. The molecule has 2 aliphatic rings. The fourth-order valence-corrected chi connectivity index (χ4v) is 2.63. The molecule has 0 aromatic heterocycles. The minimum atomic E-state index is -0.724. The van der Waals surface area contributed by atoms with E-state index in [1.807, 2.05) is 0 Å². The third kappa shape index (κ3) is 2.72. The SMILES string of the molecule is CN1CCC(N2CCNC(C(=O)O)C2)CC1. The predicted molar refractivity (Wildman–Crippen MR) is 61.5 cm³/mol. The van der Waals surface area contributed by atoms with Crippen LogP contribution in [0.3, 0.4) is 0 Å². The molecule has 0 radical (unpaired) electrons. The number of nitrogens with one attached hydrogen (secondary N) is 1. The first kappa shape index (κ1) is 11.8. The van der Waals surface area contributed by atoms with Crippen molar-refractivity contribution in [2.45, 2.75) is 24.9 Å². The molecule has 2 heterocycles. The lowest BCUT2D eigenvalue weighted by Crippen LogP contribution is -2.58. The summed E-state index contributed by atoms with van der Waals surface area (Å²) in [4.78, 5) is 15.6. The average molecular weight is 227 g/mol. The Hall–Kier alpha value is -0.650. The normalized spacial score (nSPS) is 30.4. The number of carboxylic acids is 1. The maximum atomic E-state index is 10.9. The molecule has 2 fully saturated rings. The number of hydrogen-bond donors (Lipinski definition) is 2. The average Bonchev–Trinajstić information content (AvgIpc) is 2.30. The highest BCUT2D eigenvalue weighted by Gasteiger charge is 2.30. The number of piperidine rings is 1. The van der Waals surface area contributed by atoms with Gasteiger partial charge in [0.25, 0.3) is 0 Å². The Balaban J connectivity index is 1.87. The summed E-state index contributed by atoms with van der Waals surface area (Å²) in [6.07, 6.45) is 2.34. The van der Waals surface area contributed by atoms with Crippen molar-refractivity contribution in [3.8, 4) is 0 Å². The molecule has 5 heteroatoms. The lowest BCUT2D eigenvalue weighted by Gasteiger charge is -2.41. The number of piperazine rings is 1. The number of rotatable bonds is 2. The number of likely N-dealkylation sites (tertiary alicyclic amines) is 1. The third-order valence-corrected chi connectivity index (χ3v) is 3.71. The van der Waals surface area contributed by atoms with Crippen molar-refractivity contribution in [3.63, 3.8) is 0 Å². The minimum Gasteiger partial charge on any atom is -0.480 e. The van der Waals surface area contributed by atoms with Gasteiger partial charge in [0, 0.05) is 25.7 Å². The Morgan fingerprint density at radius 3 is 2.62 bits per heavy atom. The van der Waals surface area contributed by atoms with Crippen molar-refractivity contribution in [2.75, 3.05) is 39.8 Å². The van der Waals surface area contributed by atoms with Crippen molar-refractivity contribution in [3.05, 3.63) is 0 Å². The van der Waals surface area contributed by atoms with Crippen LogP contribution in [-0.2, 0) is 4.79 Å². The first-order chi connectivity index (χ1) is 7.66. The molecule has 1 unspecified atom stereocenters. The van der Waals surface area contributed by atoms with Crippen LogP contribution in [-0.4, -0.2) is 72.7 Å². The molecule has 0 saturated carbocycles. The van der Waals surface area contributed by atoms with Crippen LogP contribution in [0.15, 0.2) is 0 Å². The van der Waals surface area contributed by atoms with E-state index in [-0.39, 0.29) is 6.04 Å². The summed E-state index contributed by atoms with van der Waals surface area (Å²) in [6, 6.07) is 0.202. The van der Waals surface area contributed by atoms with Crippen LogP contribution in [0, 0.1) is 0 Å². The number of hydrogen-bond acceptors (Lipinski definition) is 4. The van der Waals surface area contributed by atoms with Gasteiger partial charge in [0.2, 0.25) is 0 Å². The molecule has 0 aliphatic carbocycles. The molecule has 0 spiro atoms. The summed E-state index contributed by atoms with van der Waals surface area (Å²) < 4.78 is 0. The lowest BCUT2D eigenvalue weighted by molar-refractivity contribution is -0.141. The standard InChI is InChI=1S/C11H21N3O2/c1-13-5-2-9(3-6-13)14-7-4-12-10(8-14)11(15)16/h9-10,12H,2-8H2,1H3,(H,15,16). The van der Waals surface area contributed by atoms with E-state index >= 15 is 0 Å². The highest BCUT2D eigenvalue weighted by Crippen LogP contribution is 2.17. The molecule has 16 heavy (non-hydrogen) atoms. The predicted octanol–water partition coefficient (Wildman–Crippen LogP) is -0.561. The smallest absolute Gasteiger partial charge is 0.322 e. The molecule has 2 rings (SSSR count). The summed E-state index contributed by atoms with van der Waals surface area (Å²) in [5.41, 5.74) is 0. The summed E-state index contributed by atoms with van der Waals surface area (Å²) in [5, 5.41) is 12.0. The zero-order valence-electron chi connectivity index (χ0n) is 9.85. The lowest BCUT2D eigenvalue weighted by atomic mass is 10.0. The van der Waals surface area contributed by atoms with Crippen LogP contribution in [0.1, 0.15) is 12.8 Å². The van der Waals surface area contributed by atoms with Crippen LogP contribution in [0.4, 0.5) is 0 Å². The van der Waals surface area contributed by atoms with Crippen LogP contribution < -0.4 is 5.32 Å². The van der Waals surface area contributed by atoms with E-state index < -0.39 is 5.97 Å². The summed E-state index contributed by atoms with van der Waals surface area (Å²) >= 11 is 0. The van der Waals surface area contributed by atoms with Gasteiger partial charge in [-0.25, -0.2) is 0 Å². The molecular formula is C11H21N3O2. The van der Waals surface area contributed by atoms with Gasteiger partial charge in [-0.15, -0.1) is 0 Å². The van der Waals surface area contributed by atoms with Gasteiger partial charge in [0.1, 0.15) is 6.04 Å². The largest absolute Gasteiger partial charge is 0.480 e. The Morgan fingerprint density at radius 2 is 2.00 bits per heavy atom. The zero-order valence-corrected chi connectivity index (χ0v) is 9.85. The van der Waals surface area contributed by atoms with Gasteiger partial charge in [-0.1, -0.05) is 0 Å². The molecule has 2 aliphatic heterocycles. The fourth-order valence-electron chi connectivity index (χ4n) is 2.63. The minimum absolute atomic E-state index is 0.381. The molecule has 2 N–H and O–H groups in total. The molecular weight excluding hydrogens is 206 g/mol. The van der Waals surface area contributed by atoms with Crippen molar-refractivity contribution < 1.29 is 9.90 Å². The molecule has 0 aromatic rings. The van der Waals surface area contributed by atoms with Crippen molar-refractivity contribution in [1.82, 2.24) is 15.1 Å². The number of aliphatic carboxylic acids is 1. The van der Waals surface area contributed by atoms with E-state index in [9.17, 15) is 4.79 Å². The Labute approximate surface area is 96.4 Å². The highest BCUT2D eigenvalue weighted by molar-refractivity contribution is 5.73. The maximum absolute atomic E-state index is 10.9. The zero-order chi connectivity index (χ0) is 11.5. The topological polar surface area (TPSA) is 55.8 Å². The quantitative estimate of drug-likeness (QED) is 0.662. The van der Waals surface area contributed by atoms with Crippen LogP contribution >= 0.6 is 0 Å². The van der Waals surface area contributed by atoms with E-state index in [1.54, 1.807) is 0 Å². The van der Waals surface area contributed by atoms with Crippen molar-refractivity contribution in [2.24, 2.45) is 0 Å². The number of nitrogens with zero attached hydrogens (tertiary/aromatic N) is 2. The number of carbonyl (C=O) groups is 1. The second-order valence-corrected chi connectivity index (χ2v) is 4.87. The second-order valence-electron chi connectivity index (χ2n) is 4.87. The van der Waals surface area contributed by atoms with Gasteiger partial charge in [0.15, 0.2) is 0 Å². The molecule has 2 saturated heterocycles. The van der Waals surface area contributed by atoms with Gasteiger partial charge < -0.3 is 15.3 Å². The molecule has 92 valence electrons. The summed E-state index contributed by atoms with van der Waals surface area (Å²) in [6.45, 7) is 4.70. The van der Waals surface area contributed by atoms with Crippen LogP contribution in [0.5, 0.6) is 0 Å². The Morgan fingerprint density at radius 1 is 1.31 bits per heavy atom. The molecule has 5 nitrogen and oxygen atoms in total. The second kappa shape index (κ2) is 5.12. The van der Waals surface area contributed by atoms with Gasteiger partial charge >= 0.3 is 5.97 Å². The van der Waals surface area contributed by atoms with Crippen molar-refractivity contribution in [1.29, 1.82) is 0 Å². The molecule has 0 bridgehead atoms. The van der Waals surface area contributed by atoms with Gasteiger partial charge in [-0.2, -0.15) is 0 Å².